The fourth-order valence-corrected chi connectivity index (χ4v) is 2.11. The van der Waals surface area contributed by atoms with Gasteiger partial charge in [0.05, 0.1) is 18.7 Å². The molecule has 0 amide bonds. The molecule has 21 heavy (non-hydrogen) atoms. The predicted octanol–water partition coefficient (Wildman–Crippen LogP) is 3.03. The van der Waals surface area contributed by atoms with Gasteiger partial charge in [0.1, 0.15) is 17.6 Å². The molecule has 0 heterocycles. The van der Waals surface area contributed by atoms with Crippen LogP contribution < -0.4 is 15.2 Å². The van der Waals surface area contributed by atoms with Crippen LogP contribution in [0.2, 0.25) is 0 Å². The molecule has 0 radical (unpaired) electrons. The molecule has 0 aliphatic rings. The molecular formula is C17H18N2O2. The highest BCUT2D eigenvalue weighted by molar-refractivity contribution is 5.38. The minimum atomic E-state index is -0.325. The van der Waals surface area contributed by atoms with Gasteiger partial charge in [0, 0.05) is 11.6 Å². The zero-order chi connectivity index (χ0) is 15.2. The number of hydrogen-bond acceptors (Lipinski definition) is 4. The van der Waals surface area contributed by atoms with Gasteiger partial charge in [0.25, 0.3) is 0 Å². The second-order valence-electron chi connectivity index (χ2n) is 4.78. The molecule has 2 N–H and O–H groups in total. The van der Waals surface area contributed by atoms with Crippen molar-refractivity contribution in [1.82, 2.24) is 0 Å². The zero-order valence-electron chi connectivity index (χ0n) is 12.1. The van der Waals surface area contributed by atoms with Crippen molar-refractivity contribution < 1.29 is 9.47 Å². The summed E-state index contributed by atoms with van der Waals surface area (Å²) in [6, 6.07) is 16.5. The predicted molar refractivity (Wildman–Crippen MR) is 81.2 cm³/mol. The lowest BCUT2D eigenvalue weighted by Gasteiger charge is -2.24. The molecule has 0 aliphatic heterocycles. The molecule has 0 bridgehead atoms. The average Bonchev–Trinajstić information content (AvgIpc) is 2.53. The first-order chi connectivity index (χ1) is 10.2. The topological polar surface area (TPSA) is 68.3 Å². The molecule has 4 nitrogen and oxygen atoms in total. The Balaban J connectivity index is 2.29. The second kappa shape index (κ2) is 6.78. The lowest BCUT2D eigenvalue weighted by Crippen LogP contribution is -2.29. The van der Waals surface area contributed by atoms with Crippen molar-refractivity contribution in [3.8, 4) is 17.6 Å². The van der Waals surface area contributed by atoms with Crippen LogP contribution in [0, 0.1) is 11.3 Å². The number of ether oxygens (including phenoxy) is 2. The Labute approximate surface area is 124 Å². The number of benzene rings is 2. The summed E-state index contributed by atoms with van der Waals surface area (Å²) in [4.78, 5) is 0. The molecule has 0 fully saturated rings. The van der Waals surface area contributed by atoms with Gasteiger partial charge in [-0.3, -0.25) is 0 Å². The number of methoxy groups -OCH3 is 1. The third-order valence-corrected chi connectivity index (χ3v) is 3.17. The van der Waals surface area contributed by atoms with E-state index in [1.165, 1.54) is 0 Å². The third kappa shape index (κ3) is 3.53. The zero-order valence-corrected chi connectivity index (χ0v) is 12.1. The number of nitriles is 1. The van der Waals surface area contributed by atoms with Crippen molar-refractivity contribution in [3.63, 3.8) is 0 Å². The normalized spacial score (nSPS) is 13.0. The lowest BCUT2D eigenvalue weighted by atomic mass is 10.0. The molecular weight excluding hydrogens is 264 g/mol. The standard InChI is InChI=1S/C17H18N2O2/c1-12(19)17(15-5-3-4-6-16(15)20-2)21-14-9-7-13(11-18)8-10-14/h3-10,12,17H,19H2,1-2H3. The van der Waals surface area contributed by atoms with Gasteiger partial charge in [0.2, 0.25) is 0 Å². The maximum atomic E-state index is 8.82. The Kier molecular flexibility index (Phi) is 4.81. The monoisotopic (exact) mass is 282 g/mol. The molecule has 0 saturated carbocycles. The van der Waals surface area contributed by atoms with Crippen LogP contribution in [0.3, 0.4) is 0 Å². The SMILES string of the molecule is COc1ccccc1C(Oc1ccc(C#N)cc1)C(C)N. The van der Waals surface area contributed by atoms with E-state index in [1.807, 2.05) is 31.2 Å². The Bertz CT molecular complexity index is 630. The van der Waals surface area contributed by atoms with Crippen molar-refractivity contribution >= 4 is 0 Å². The number of nitrogens with zero attached hydrogens (tertiary/aromatic N) is 1. The van der Waals surface area contributed by atoms with Gasteiger partial charge >= 0.3 is 0 Å². The molecule has 0 aromatic heterocycles. The van der Waals surface area contributed by atoms with Crippen LogP contribution in [0.5, 0.6) is 11.5 Å². The molecule has 4 heteroatoms. The van der Waals surface area contributed by atoms with Crippen LogP contribution in [0.4, 0.5) is 0 Å². The van der Waals surface area contributed by atoms with E-state index >= 15 is 0 Å². The summed E-state index contributed by atoms with van der Waals surface area (Å²) < 4.78 is 11.4. The Morgan fingerprint density at radius 1 is 1.10 bits per heavy atom. The van der Waals surface area contributed by atoms with Gasteiger partial charge < -0.3 is 15.2 Å². The maximum Gasteiger partial charge on any atom is 0.142 e. The van der Waals surface area contributed by atoms with Crippen LogP contribution >= 0.6 is 0 Å². The van der Waals surface area contributed by atoms with Crippen LogP contribution in [0.1, 0.15) is 24.2 Å². The van der Waals surface area contributed by atoms with Gasteiger partial charge in [-0.1, -0.05) is 18.2 Å². The van der Waals surface area contributed by atoms with Crippen molar-refractivity contribution in [2.75, 3.05) is 7.11 Å². The van der Waals surface area contributed by atoms with Crippen molar-refractivity contribution in [1.29, 1.82) is 5.26 Å². The highest BCUT2D eigenvalue weighted by atomic mass is 16.5. The minimum absolute atomic E-state index is 0.211. The van der Waals surface area contributed by atoms with Gasteiger partial charge in [0.15, 0.2) is 0 Å². The summed E-state index contributed by atoms with van der Waals surface area (Å²) in [6.45, 7) is 1.89. The first-order valence-corrected chi connectivity index (χ1v) is 6.71. The molecule has 2 aromatic rings. The Hall–Kier alpha value is -2.51. The number of hydrogen-bond donors (Lipinski definition) is 1. The molecule has 0 aliphatic carbocycles. The highest BCUT2D eigenvalue weighted by Gasteiger charge is 2.21. The molecule has 2 unspecified atom stereocenters. The number of nitrogens with two attached hydrogens (primary N) is 1. The minimum Gasteiger partial charge on any atom is -0.496 e. The Morgan fingerprint density at radius 2 is 1.76 bits per heavy atom. The highest BCUT2D eigenvalue weighted by Crippen LogP contribution is 2.30. The van der Waals surface area contributed by atoms with E-state index in [9.17, 15) is 0 Å². The van der Waals surface area contributed by atoms with E-state index in [0.717, 1.165) is 11.3 Å². The smallest absolute Gasteiger partial charge is 0.142 e. The summed E-state index contributed by atoms with van der Waals surface area (Å²) in [6.07, 6.45) is -0.325. The third-order valence-electron chi connectivity index (χ3n) is 3.17. The van der Waals surface area contributed by atoms with Gasteiger partial charge in [-0.05, 0) is 37.3 Å². The first-order valence-electron chi connectivity index (χ1n) is 6.71. The van der Waals surface area contributed by atoms with E-state index in [2.05, 4.69) is 6.07 Å². The van der Waals surface area contributed by atoms with E-state index in [-0.39, 0.29) is 12.1 Å². The second-order valence-corrected chi connectivity index (χ2v) is 4.78. The molecule has 0 saturated heterocycles. The Morgan fingerprint density at radius 3 is 2.33 bits per heavy atom. The van der Waals surface area contributed by atoms with Crippen molar-refractivity contribution in [3.05, 3.63) is 59.7 Å². The number of rotatable bonds is 5. The van der Waals surface area contributed by atoms with Gasteiger partial charge in [-0.2, -0.15) is 5.26 Å². The maximum absolute atomic E-state index is 8.82. The molecule has 2 aromatic carbocycles. The quantitative estimate of drug-likeness (QED) is 0.915. The van der Waals surface area contributed by atoms with E-state index in [4.69, 9.17) is 20.5 Å². The van der Waals surface area contributed by atoms with Crippen LogP contribution in [0.25, 0.3) is 0 Å². The summed E-state index contributed by atoms with van der Waals surface area (Å²) in [5.74, 6) is 1.41. The van der Waals surface area contributed by atoms with E-state index < -0.39 is 0 Å². The average molecular weight is 282 g/mol. The first kappa shape index (κ1) is 14.9. The van der Waals surface area contributed by atoms with Gasteiger partial charge in [-0.15, -0.1) is 0 Å². The largest absolute Gasteiger partial charge is 0.496 e. The van der Waals surface area contributed by atoms with E-state index in [0.29, 0.717) is 11.3 Å². The van der Waals surface area contributed by atoms with Crippen molar-refractivity contribution in [2.24, 2.45) is 5.73 Å². The molecule has 2 rings (SSSR count). The summed E-state index contributed by atoms with van der Waals surface area (Å²) in [5, 5.41) is 8.82. The fraction of sp³-hybridized carbons (Fsp3) is 0.235. The fourth-order valence-electron chi connectivity index (χ4n) is 2.11. The van der Waals surface area contributed by atoms with E-state index in [1.54, 1.807) is 31.4 Å². The molecule has 0 spiro atoms. The van der Waals surface area contributed by atoms with Crippen LogP contribution in [-0.2, 0) is 0 Å². The van der Waals surface area contributed by atoms with Crippen LogP contribution in [0.15, 0.2) is 48.5 Å². The molecule has 108 valence electrons. The number of para-hydroxylation sites is 1. The molecule has 2 atom stereocenters. The van der Waals surface area contributed by atoms with Crippen LogP contribution in [-0.4, -0.2) is 13.2 Å². The summed E-state index contributed by atoms with van der Waals surface area (Å²) in [7, 11) is 1.62. The van der Waals surface area contributed by atoms with Crippen molar-refractivity contribution in [2.45, 2.75) is 19.1 Å². The van der Waals surface area contributed by atoms with Gasteiger partial charge in [-0.25, -0.2) is 0 Å². The summed E-state index contributed by atoms with van der Waals surface area (Å²) >= 11 is 0. The lowest BCUT2D eigenvalue weighted by molar-refractivity contribution is 0.176. The summed E-state index contributed by atoms with van der Waals surface area (Å²) in [5.41, 5.74) is 7.56.